The third-order valence-corrected chi connectivity index (χ3v) is 4.48. The summed E-state index contributed by atoms with van der Waals surface area (Å²) in [5.74, 6) is -0.266. The number of carbonyl (C=O) groups excluding carboxylic acids is 2. The Morgan fingerprint density at radius 1 is 1.00 bits per heavy atom. The van der Waals surface area contributed by atoms with E-state index in [4.69, 9.17) is 9.47 Å². The van der Waals surface area contributed by atoms with Gasteiger partial charge in [-0.2, -0.15) is 0 Å². The SMILES string of the molecule is CC(C)(C)OC(=O)CC[CH]NC(=O)OCC1c2ccccc2-c2ccccc21. The van der Waals surface area contributed by atoms with Gasteiger partial charge in [-0.3, -0.25) is 4.79 Å². The predicted octanol–water partition coefficient (Wildman–Crippen LogP) is 4.81. The first kappa shape index (κ1) is 19.9. The van der Waals surface area contributed by atoms with Gasteiger partial charge in [0.15, 0.2) is 0 Å². The van der Waals surface area contributed by atoms with Gasteiger partial charge in [-0.05, 0) is 49.4 Å². The van der Waals surface area contributed by atoms with Crippen molar-refractivity contribution in [2.75, 3.05) is 6.61 Å². The lowest BCUT2D eigenvalue weighted by molar-refractivity contribution is -0.154. The number of benzene rings is 2. The maximum atomic E-state index is 12.0. The molecule has 0 unspecified atom stereocenters. The molecule has 1 radical (unpaired) electrons. The van der Waals surface area contributed by atoms with E-state index in [9.17, 15) is 9.59 Å². The maximum absolute atomic E-state index is 12.0. The molecule has 2 aromatic carbocycles. The van der Waals surface area contributed by atoms with Crippen LogP contribution in [-0.2, 0) is 14.3 Å². The molecule has 1 amide bonds. The molecule has 1 aliphatic rings. The van der Waals surface area contributed by atoms with Gasteiger partial charge in [-0.1, -0.05) is 48.5 Å². The minimum Gasteiger partial charge on any atom is -0.460 e. The van der Waals surface area contributed by atoms with Crippen LogP contribution >= 0.6 is 0 Å². The second-order valence-electron chi connectivity index (χ2n) is 7.80. The number of nitrogens with one attached hydrogen (secondary N) is 1. The van der Waals surface area contributed by atoms with E-state index in [1.165, 1.54) is 28.8 Å². The number of fused-ring (bicyclic) bond motifs is 3. The molecule has 0 aromatic heterocycles. The van der Waals surface area contributed by atoms with Gasteiger partial charge in [0, 0.05) is 12.3 Å². The first-order valence-electron chi connectivity index (χ1n) is 9.50. The first-order chi connectivity index (χ1) is 13.3. The van der Waals surface area contributed by atoms with Crippen LogP contribution in [0.25, 0.3) is 11.1 Å². The van der Waals surface area contributed by atoms with Gasteiger partial charge < -0.3 is 14.8 Å². The van der Waals surface area contributed by atoms with E-state index in [0.29, 0.717) is 6.42 Å². The van der Waals surface area contributed by atoms with E-state index >= 15 is 0 Å². The van der Waals surface area contributed by atoms with Gasteiger partial charge in [0.05, 0.1) is 6.54 Å². The number of esters is 1. The highest BCUT2D eigenvalue weighted by molar-refractivity contribution is 5.79. The van der Waals surface area contributed by atoms with Gasteiger partial charge in [0.25, 0.3) is 0 Å². The van der Waals surface area contributed by atoms with Crippen molar-refractivity contribution in [3.05, 3.63) is 66.2 Å². The zero-order valence-corrected chi connectivity index (χ0v) is 16.5. The molecule has 1 N–H and O–H groups in total. The monoisotopic (exact) mass is 380 g/mol. The minimum atomic E-state index is -0.522. The molecule has 0 heterocycles. The lowest BCUT2D eigenvalue weighted by Gasteiger charge is -2.19. The van der Waals surface area contributed by atoms with Crippen LogP contribution in [0.3, 0.4) is 0 Å². The largest absolute Gasteiger partial charge is 0.460 e. The highest BCUT2D eigenvalue weighted by Gasteiger charge is 2.28. The summed E-state index contributed by atoms with van der Waals surface area (Å²) in [6, 6.07) is 16.4. The van der Waals surface area contributed by atoms with Crippen molar-refractivity contribution in [2.45, 2.75) is 45.1 Å². The summed E-state index contributed by atoms with van der Waals surface area (Å²) in [5.41, 5.74) is 4.22. The summed E-state index contributed by atoms with van der Waals surface area (Å²) < 4.78 is 10.7. The Bertz CT molecular complexity index is 808. The van der Waals surface area contributed by atoms with Crippen molar-refractivity contribution in [3.63, 3.8) is 0 Å². The van der Waals surface area contributed by atoms with Crippen molar-refractivity contribution in [1.29, 1.82) is 0 Å². The van der Waals surface area contributed by atoms with Crippen LogP contribution in [0.4, 0.5) is 4.79 Å². The second-order valence-corrected chi connectivity index (χ2v) is 7.80. The number of rotatable bonds is 6. The fourth-order valence-electron chi connectivity index (χ4n) is 3.38. The van der Waals surface area contributed by atoms with Crippen LogP contribution in [0.1, 0.15) is 50.7 Å². The van der Waals surface area contributed by atoms with Crippen molar-refractivity contribution in [3.8, 4) is 11.1 Å². The Hall–Kier alpha value is -2.82. The van der Waals surface area contributed by atoms with E-state index in [1.54, 1.807) is 0 Å². The van der Waals surface area contributed by atoms with Crippen LogP contribution < -0.4 is 5.32 Å². The Morgan fingerprint density at radius 2 is 1.57 bits per heavy atom. The topological polar surface area (TPSA) is 64.6 Å². The quantitative estimate of drug-likeness (QED) is 0.577. The molecule has 5 nitrogen and oxygen atoms in total. The van der Waals surface area contributed by atoms with Gasteiger partial charge in [-0.15, -0.1) is 0 Å². The lowest BCUT2D eigenvalue weighted by atomic mass is 9.98. The van der Waals surface area contributed by atoms with E-state index < -0.39 is 11.7 Å². The molecule has 0 spiro atoms. The molecule has 3 rings (SSSR count). The zero-order chi connectivity index (χ0) is 20.1. The second kappa shape index (κ2) is 8.46. The fraction of sp³-hybridized carbons (Fsp3) is 0.348. The first-order valence-corrected chi connectivity index (χ1v) is 9.50. The van der Waals surface area contributed by atoms with Gasteiger partial charge in [-0.25, -0.2) is 4.79 Å². The number of ether oxygens (including phenoxy) is 2. The number of alkyl carbamates (subject to hydrolysis) is 1. The Kier molecular flexibility index (Phi) is 6.02. The third kappa shape index (κ3) is 4.91. The van der Waals surface area contributed by atoms with E-state index in [0.717, 1.165) is 0 Å². The van der Waals surface area contributed by atoms with Crippen molar-refractivity contribution in [1.82, 2.24) is 5.32 Å². The molecular formula is C23H26NO4. The average molecular weight is 380 g/mol. The molecule has 0 saturated heterocycles. The molecule has 147 valence electrons. The number of hydrogen-bond acceptors (Lipinski definition) is 4. The minimum absolute atomic E-state index is 0.0277. The van der Waals surface area contributed by atoms with E-state index in [1.807, 2.05) is 45.0 Å². The van der Waals surface area contributed by atoms with Crippen LogP contribution in [0.2, 0.25) is 0 Å². The van der Waals surface area contributed by atoms with Crippen LogP contribution in [0, 0.1) is 6.54 Å². The molecule has 1 aliphatic carbocycles. The number of carbonyl (C=O) groups is 2. The lowest BCUT2D eigenvalue weighted by Crippen LogP contribution is -2.26. The summed E-state index contributed by atoms with van der Waals surface area (Å²) in [4.78, 5) is 23.7. The molecule has 28 heavy (non-hydrogen) atoms. The van der Waals surface area contributed by atoms with E-state index in [-0.39, 0.29) is 24.9 Å². The Morgan fingerprint density at radius 3 is 2.14 bits per heavy atom. The molecule has 0 atom stereocenters. The highest BCUT2D eigenvalue weighted by Crippen LogP contribution is 2.44. The molecule has 5 heteroatoms. The summed E-state index contributed by atoms with van der Waals surface area (Å²) in [7, 11) is 0. The average Bonchev–Trinajstić information content (AvgIpc) is 2.96. The van der Waals surface area contributed by atoms with Crippen LogP contribution in [0.15, 0.2) is 48.5 Å². The van der Waals surface area contributed by atoms with Crippen molar-refractivity contribution < 1.29 is 19.1 Å². The summed E-state index contributed by atoms with van der Waals surface area (Å²) in [6.45, 7) is 7.26. The van der Waals surface area contributed by atoms with Gasteiger partial charge in [0.1, 0.15) is 12.2 Å². The summed E-state index contributed by atoms with van der Waals surface area (Å²) in [5, 5.41) is 2.58. The van der Waals surface area contributed by atoms with Crippen molar-refractivity contribution in [2.24, 2.45) is 0 Å². The molecule has 0 saturated carbocycles. The van der Waals surface area contributed by atoms with Crippen LogP contribution in [-0.4, -0.2) is 24.3 Å². The predicted molar refractivity (Wildman–Crippen MR) is 108 cm³/mol. The Labute approximate surface area is 166 Å². The zero-order valence-electron chi connectivity index (χ0n) is 16.5. The summed E-state index contributed by atoms with van der Waals surface area (Å²) >= 11 is 0. The molecule has 0 bridgehead atoms. The van der Waals surface area contributed by atoms with Gasteiger partial charge in [0.2, 0.25) is 0 Å². The normalized spacial score (nSPS) is 12.8. The molecule has 0 aliphatic heterocycles. The number of amides is 1. The molecule has 2 aromatic rings. The Balaban J connectivity index is 1.47. The molecule has 0 fully saturated rings. The summed E-state index contributed by atoms with van der Waals surface area (Å²) in [6.07, 6.45) is 0.0751. The van der Waals surface area contributed by atoms with Crippen LogP contribution in [0.5, 0.6) is 0 Å². The standard InChI is InChI=1S/C23H26NO4/c1-23(2,3)28-21(25)13-8-14-24-22(26)27-15-20-18-11-6-4-9-16(18)17-10-5-7-12-19(17)20/h4-7,9-12,14,20H,8,13,15H2,1-3H3,(H,24,26). The molecular weight excluding hydrogens is 354 g/mol. The van der Waals surface area contributed by atoms with E-state index in [2.05, 4.69) is 29.6 Å². The smallest absolute Gasteiger partial charge is 0.407 e. The van der Waals surface area contributed by atoms with Crippen molar-refractivity contribution >= 4 is 12.1 Å². The highest BCUT2D eigenvalue weighted by atomic mass is 16.6. The third-order valence-electron chi connectivity index (χ3n) is 4.48. The maximum Gasteiger partial charge on any atom is 0.407 e. The van der Waals surface area contributed by atoms with Gasteiger partial charge >= 0.3 is 12.1 Å². The number of hydrogen-bond donors (Lipinski definition) is 1. The fourth-order valence-corrected chi connectivity index (χ4v) is 3.38.